The fraction of sp³-hybridized carbons (Fsp3) is 0.389. The Kier molecular flexibility index (Phi) is 8.09. The smallest absolute Gasteiger partial charge is 0.286 e. The molecule has 0 atom stereocenters. The Morgan fingerprint density at radius 3 is 2.68 bits per heavy atom. The molecule has 1 aromatic carbocycles. The molecule has 1 heterocycles. The molecule has 0 aliphatic heterocycles. The van der Waals surface area contributed by atoms with Crippen LogP contribution in [-0.2, 0) is 10.0 Å². The van der Waals surface area contributed by atoms with Crippen molar-refractivity contribution in [3.8, 4) is 5.75 Å². The molecule has 2 aromatic rings. The lowest BCUT2D eigenvalue weighted by Gasteiger charge is -2.14. The van der Waals surface area contributed by atoms with Crippen LogP contribution >= 0.6 is 11.3 Å². The second kappa shape index (κ2) is 10.3. The zero-order valence-electron chi connectivity index (χ0n) is 15.8. The second-order valence-corrected chi connectivity index (χ2v) is 8.63. The number of unbranched alkanes of at least 4 members (excludes halogenated alkanes) is 3. The topological polar surface area (TPSA) is 117 Å². The van der Waals surface area contributed by atoms with Gasteiger partial charge in [-0.2, -0.15) is 0 Å². The van der Waals surface area contributed by atoms with Gasteiger partial charge in [-0.1, -0.05) is 26.2 Å². The Morgan fingerprint density at radius 2 is 2.00 bits per heavy atom. The number of nitrogens with one attached hydrogen (secondary N) is 3. The number of anilines is 2. The van der Waals surface area contributed by atoms with E-state index in [9.17, 15) is 13.2 Å². The first-order valence-electron chi connectivity index (χ1n) is 8.89. The third kappa shape index (κ3) is 5.60. The summed E-state index contributed by atoms with van der Waals surface area (Å²) in [6.45, 7) is 2.98. The van der Waals surface area contributed by atoms with Gasteiger partial charge in [-0.15, -0.1) is 11.3 Å². The van der Waals surface area contributed by atoms with Crippen molar-refractivity contribution in [3.05, 3.63) is 34.5 Å². The number of hydrogen-bond donors (Lipinski definition) is 4. The van der Waals surface area contributed by atoms with Crippen LogP contribution in [-0.4, -0.2) is 33.2 Å². The molecule has 0 saturated carbocycles. The number of carbonyl (C=O) groups is 1. The number of benzene rings is 1. The highest BCUT2D eigenvalue weighted by Crippen LogP contribution is 2.31. The Labute approximate surface area is 168 Å². The Bertz CT molecular complexity index is 896. The molecule has 10 heteroatoms. The summed E-state index contributed by atoms with van der Waals surface area (Å²) in [5.41, 5.74) is 2.53. The molecular formula is C18H25N3O5S2. The molecule has 0 unspecified atom stereocenters. The van der Waals surface area contributed by atoms with E-state index in [0.29, 0.717) is 5.75 Å². The molecule has 0 fully saturated rings. The zero-order valence-corrected chi connectivity index (χ0v) is 17.5. The molecule has 8 nitrogen and oxygen atoms in total. The van der Waals surface area contributed by atoms with Crippen LogP contribution < -0.4 is 20.3 Å². The Hall–Kier alpha value is -2.30. The molecule has 0 spiro atoms. The first-order chi connectivity index (χ1) is 13.4. The van der Waals surface area contributed by atoms with E-state index >= 15 is 0 Å². The number of amides is 1. The minimum Gasteiger partial charge on any atom is -0.494 e. The van der Waals surface area contributed by atoms with Gasteiger partial charge in [0.15, 0.2) is 0 Å². The molecule has 0 aliphatic carbocycles. The van der Waals surface area contributed by atoms with Gasteiger partial charge in [0.2, 0.25) is 0 Å². The van der Waals surface area contributed by atoms with Gasteiger partial charge in [0.25, 0.3) is 15.9 Å². The lowest BCUT2D eigenvalue weighted by molar-refractivity contribution is 0.0707. The van der Waals surface area contributed by atoms with Crippen LogP contribution in [0.1, 0.15) is 42.3 Å². The second-order valence-electron chi connectivity index (χ2n) is 6.06. The maximum atomic E-state index is 12.7. The van der Waals surface area contributed by atoms with Crippen LogP contribution in [0.4, 0.5) is 11.4 Å². The number of sulfonamides is 1. The summed E-state index contributed by atoms with van der Waals surface area (Å²) in [5, 5.41) is 13.5. The summed E-state index contributed by atoms with van der Waals surface area (Å²) in [4.78, 5) is 11.3. The zero-order chi connectivity index (χ0) is 20.6. The molecule has 1 amide bonds. The lowest BCUT2D eigenvalue weighted by Crippen LogP contribution is -2.22. The Morgan fingerprint density at radius 1 is 1.21 bits per heavy atom. The number of methoxy groups -OCH3 is 1. The fourth-order valence-electron chi connectivity index (χ4n) is 2.60. The van der Waals surface area contributed by atoms with Crippen molar-refractivity contribution in [2.45, 2.75) is 37.5 Å². The van der Waals surface area contributed by atoms with Crippen molar-refractivity contribution in [2.75, 3.05) is 23.7 Å². The molecule has 1 aromatic heterocycles. The highest BCUT2D eigenvalue weighted by Gasteiger charge is 2.25. The quantitative estimate of drug-likeness (QED) is 0.247. The number of rotatable bonds is 11. The molecule has 0 saturated heterocycles. The van der Waals surface area contributed by atoms with Crippen LogP contribution in [0.25, 0.3) is 0 Å². The number of ether oxygens (including phenoxy) is 1. The van der Waals surface area contributed by atoms with Crippen molar-refractivity contribution >= 4 is 38.6 Å². The van der Waals surface area contributed by atoms with Gasteiger partial charge in [-0.05, 0) is 30.0 Å². The minimum atomic E-state index is -4.04. The van der Waals surface area contributed by atoms with Gasteiger partial charge in [0.1, 0.15) is 15.5 Å². The molecule has 154 valence electrons. The number of hydroxylamine groups is 1. The van der Waals surface area contributed by atoms with Crippen molar-refractivity contribution in [3.63, 3.8) is 0 Å². The van der Waals surface area contributed by atoms with E-state index in [1.807, 2.05) is 0 Å². The first kappa shape index (κ1) is 22.0. The summed E-state index contributed by atoms with van der Waals surface area (Å²) >= 11 is 0.914. The van der Waals surface area contributed by atoms with Crippen LogP contribution in [0.2, 0.25) is 0 Å². The van der Waals surface area contributed by atoms with E-state index in [1.165, 1.54) is 36.9 Å². The third-order valence-electron chi connectivity index (χ3n) is 4.03. The molecule has 28 heavy (non-hydrogen) atoms. The van der Waals surface area contributed by atoms with Gasteiger partial charge in [0, 0.05) is 18.3 Å². The predicted octanol–water partition coefficient (Wildman–Crippen LogP) is 3.67. The van der Waals surface area contributed by atoms with Crippen LogP contribution in [0.3, 0.4) is 0 Å². The first-order valence-corrected chi connectivity index (χ1v) is 11.3. The van der Waals surface area contributed by atoms with Crippen molar-refractivity contribution in [2.24, 2.45) is 0 Å². The largest absolute Gasteiger partial charge is 0.494 e. The van der Waals surface area contributed by atoms with E-state index in [-0.39, 0.29) is 15.5 Å². The van der Waals surface area contributed by atoms with Gasteiger partial charge < -0.3 is 10.1 Å². The van der Waals surface area contributed by atoms with Gasteiger partial charge in [-0.25, -0.2) is 13.9 Å². The fourth-order valence-corrected chi connectivity index (χ4v) is 4.98. The van der Waals surface area contributed by atoms with Crippen LogP contribution in [0.5, 0.6) is 5.75 Å². The summed E-state index contributed by atoms with van der Waals surface area (Å²) < 4.78 is 33.1. The van der Waals surface area contributed by atoms with Crippen molar-refractivity contribution in [1.82, 2.24) is 5.48 Å². The maximum absolute atomic E-state index is 12.7. The molecule has 0 radical (unpaired) electrons. The van der Waals surface area contributed by atoms with Crippen molar-refractivity contribution in [1.29, 1.82) is 0 Å². The third-order valence-corrected chi connectivity index (χ3v) is 6.48. The molecule has 4 N–H and O–H groups in total. The Balaban J connectivity index is 2.15. The van der Waals surface area contributed by atoms with E-state index in [1.54, 1.807) is 18.2 Å². The average molecular weight is 428 g/mol. The van der Waals surface area contributed by atoms with E-state index in [2.05, 4.69) is 17.0 Å². The van der Waals surface area contributed by atoms with Crippen molar-refractivity contribution < 1.29 is 23.2 Å². The van der Waals surface area contributed by atoms with E-state index in [4.69, 9.17) is 9.94 Å². The van der Waals surface area contributed by atoms with Gasteiger partial charge >= 0.3 is 0 Å². The SMILES string of the molecule is CCCCCCNc1ccc(NS(=O)(=O)c2ccsc2C(=O)NO)c(OC)c1. The molecule has 0 bridgehead atoms. The van der Waals surface area contributed by atoms with E-state index < -0.39 is 15.9 Å². The standard InChI is InChI=1S/C18H25N3O5S2/c1-3-4-5-6-10-19-13-7-8-14(15(12-13)26-2)21-28(24,25)16-9-11-27-17(16)18(22)20-23/h7-9,11-12,19,21,23H,3-6,10H2,1-2H3,(H,20,22). The van der Waals surface area contributed by atoms with Crippen LogP contribution in [0.15, 0.2) is 34.5 Å². The lowest BCUT2D eigenvalue weighted by atomic mass is 10.2. The molecule has 2 rings (SSSR count). The summed E-state index contributed by atoms with van der Waals surface area (Å²) in [7, 11) is -2.59. The summed E-state index contributed by atoms with van der Waals surface area (Å²) in [6.07, 6.45) is 4.58. The number of hydrogen-bond acceptors (Lipinski definition) is 7. The predicted molar refractivity (Wildman–Crippen MR) is 110 cm³/mol. The average Bonchev–Trinajstić information content (AvgIpc) is 3.19. The minimum absolute atomic E-state index is 0.112. The van der Waals surface area contributed by atoms with E-state index in [0.717, 1.165) is 36.4 Å². The van der Waals surface area contributed by atoms with Gasteiger partial charge in [0.05, 0.1) is 12.8 Å². The highest BCUT2D eigenvalue weighted by molar-refractivity contribution is 7.93. The van der Waals surface area contributed by atoms with Crippen LogP contribution in [0, 0.1) is 0 Å². The summed E-state index contributed by atoms with van der Waals surface area (Å²) in [5.74, 6) is -0.532. The number of carbonyl (C=O) groups excluding carboxylic acids is 1. The monoisotopic (exact) mass is 427 g/mol. The molecule has 0 aliphatic rings. The summed E-state index contributed by atoms with van der Waals surface area (Å²) in [6, 6.07) is 6.38. The normalized spacial score (nSPS) is 11.1. The number of thiophene rings is 1. The van der Waals surface area contributed by atoms with Gasteiger partial charge in [-0.3, -0.25) is 14.7 Å². The highest BCUT2D eigenvalue weighted by atomic mass is 32.2. The maximum Gasteiger partial charge on any atom is 0.286 e. The molecular weight excluding hydrogens is 402 g/mol.